The molecule has 1 aromatic heterocycles. The van der Waals surface area contributed by atoms with Gasteiger partial charge in [0.15, 0.2) is 5.89 Å². The number of hydrogen-bond acceptors (Lipinski definition) is 4. The molecule has 0 unspecified atom stereocenters. The number of carboxylic acid groups (broad SMARTS) is 1. The van der Waals surface area contributed by atoms with Crippen LogP contribution in [0.4, 0.5) is 0 Å². The Morgan fingerprint density at radius 2 is 2.20 bits per heavy atom. The van der Waals surface area contributed by atoms with Crippen LogP contribution in [-0.4, -0.2) is 40.0 Å². The van der Waals surface area contributed by atoms with E-state index in [9.17, 15) is 9.59 Å². The Bertz CT molecular complexity index is 509. The average Bonchev–Trinajstić information content (AvgIpc) is 2.75. The highest BCUT2D eigenvalue weighted by Crippen LogP contribution is 2.23. The maximum Gasteiger partial charge on any atom is 0.303 e. The molecule has 2 heterocycles. The van der Waals surface area contributed by atoms with Gasteiger partial charge in [-0.1, -0.05) is 0 Å². The number of aromatic nitrogens is 1. The molecule has 20 heavy (non-hydrogen) atoms. The molecule has 0 radical (unpaired) electrons. The van der Waals surface area contributed by atoms with E-state index in [1.54, 1.807) is 18.7 Å². The van der Waals surface area contributed by atoms with E-state index >= 15 is 0 Å². The first-order valence-corrected chi connectivity index (χ1v) is 6.92. The SMILES string of the molecule is Cc1nc(C)c(C(=O)N2CCC[C@@H](CCC(=O)O)C2)o1. The van der Waals surface area contributed by atoms with Crippen molar-refractivity contribution in [2.24, 2.45) is 5.92 Å². The van der Waals surface area contributed by atoms with Crippen molar-refractivity contribution in [1.29, 1.82) is 0 Å². The molecule has 1 saturated heterocycles. The van der Waals surface area contributed by atoms with E-state index in [1.165, 1.54) is 0 Å². The first kappa shape index (κ1) is 14.6. The standard InChI is InChI=1S/C14H20N2O4/c1-9-13(20-10(2)15-9)14(19)16-7-3-4-11(8-16)5-6-12(17)18/h11H,3-8H2,1-2H3,(H,17,18)/t11-/m0/s1. The van der Waals surface area contributed by atoms with Crippen molar-refractivity contribution >= 4 is 11.9 Å². The van der Waals surface area contributed by atoms with Gasteiger partial charge in [0.25, 0.3) is 5.91 Å². The lowest BCUT2D eigenvalue weighted by Gasteiger charge is -2.32. The van der Waals surface area contributed by atoms with Crippen LogP contribution in [0.1, 0.15) is 47.8 Å². The lowest BCUT2D eigenvalue weighted by Crippen LogP contribution is -2.40. The second-order valence-corrected chi connectivity index (χ2v) is 5.34. The molecule has 1 fully saturated rings. The minimum Gasteiger partial charge on any atom is -0.481 e. The first-order valence-electron chi connectivity index (χ1n) is 6.92. The van der Waals surface area contributed by atoms with Crippen molar-refractivity contribution in [3.05, 3.63) is 17.3 Å². The number of carbonyl (C=O) groups excluding carboxylic acids is 1. The Kier molecular flexibility index (Phi) is 4.42. The number of piperidine rings is 1. The molecule has 6 nitrogen and oxygen atoms in total. The molecule has 1 N–H and O–H groups in total. The molecule has 0 aromatic carbocycles. The molecule has 1 atom stereocenters. The lowest BCUT2D eigenvalue weighted by molar-refractivity contribution is -0.137. The summed E-state index contributed by atoms with van der Waals surface area (Å²) in [6, 6.07) is 0. The van der Waals surface area contributed by atoms with Gasteiger partial charge < -0.3 is 14.4 Å². The maximum atomic E-state index is 12.4. The molecule has 0 saturated carbocycles. The Morgan fingerprint density at radius 1 is 1.45 bits per heavy atom. The zero-order valence-corrected chi connectivity index (χ0v) is 11.9. The van der Waals surface area contributed by atoms with Crippen molar-refractivity contribution in [2.75, 3.05) is 13.1 Å². The Morgan fingerprint density at radius 3 is 2.80 bits per heavy atom. The van der Waals surface area contributed by atoms with E-state index in [1.807, 2.05) is 0 Å². The Labute approximate surface area is 117 Å². The average molecular weight is 280 g/mol. The van der Waals surface area contributed by atoms with E-state index in [0.717, 1.165) is 12.8 Å². The Balaban J connectivity index is 1.99. The number of oxazole rings is 1. The van der Waals surface area contributed by atoms with Crippen LogP contribution in [0.3, 0.4) is 0 Å². The number of aryl methyl sites for hydroxylation is 2. The van der Waals surface area contributed by atoms with Gasteiger partial charge in [0.2, 0.25) is 5.76 Å². The van der Waals surface area contributed by atoms with Crippen LogP contribution in [-0.2, 0) is 4.79 Å². The Hall–Kier alpha value is -1.85. The predicted octanol–water partition coefficient (Wildman–Crippen LogP) is 2.01. The van der Waals surface area contributed by atoms with Crippen LogP contribution in [0.2, 0.25) is 0 Å². The van der Waals surface area contributed by atoms with Crippen LogP contribution in [0, 0.1) is 19.8 Å². The number of amides is 1. The number of rotatable bonds is 4. The van der Waals surface area contributed by atoms with Crippen molar-refractivity contribution in [2.45, 2.75) is 39.5 Å². The third kappa shape index (κ3) is 3.37. The summed E-state index contributed by atoms with van der Waals surface area (Å²) in [5.41, 5.74) is 0.611. The lowest BCUT2D eigenvalue weighted by atomic mass is 9.93. The number of carbonyl (C=O) groups is 2. The predicted molar refractivity (Wildman–Crippen MR) is 71.5 cm³/mol. The minimum atomic E-state index is -0.782. The number of carboxylic acids is 1. The number of aliphatic carboxylic acids is 1. The third-order valence-corrected chi connectivity index (χ3v) is 3.67. The number of hydrogen-bond donors (Lipinski definition) is 1. The van der Waals surface area contributed by atoms with Crippen molar-refractivity contribution < 1.29 is 19.1 Å². The highest BCUT2D eigenvalue weighted by molar-refractivity contribution is 5.92. The van der Waals surface area contributed by atoms with E-state index < -0.39 is 5.97 Å². The summed E-state index contributed by atoms with van der Waals surface area (Å²) in [6.07, 6.45) is 2.66. The molecular weight excluding hydrogens is 260 g/mol. The molecule has 1 aliphatic heterocycles. The zero-order valence-electron chi connectivity index (χ0n) is 11.9. The quantitative estimate of drug-likeness (QED) is 0.912. The van der Waals surface area contributed by atoms with Crippen LogP contribution in [0.25, 0.3) is 0 Å². The van der Waals surface area contributed by atoms with Gasteiger partial charge in [0.05, 0.1) is 5.69 Å². The maximum absolute atomic E-state index is 12.4. The van der Waals surface area contributed by atoms with Gasteiger partial charge in [0.1, 0.15) is 0 Å². The van der Waals surface area contributed by atoms with Gasteiger partial charge in [-0.3, -0.25) is 9.59 Å². The van der Waals surface area contributed by atoms with Gasteiger partial charge >= 0.3 is 5.97 Å². The summed E-state index contributed by atoms with van der Waals surface area (Å²) in [5.74, 6) is 0.137. The fourth-order valence-electron chi connectivity index (χ4n) is 2.69. The fraction of sp³-hybridized carbons (Fsp3) is 0.643. The molecule has 1 aromatic rings. The number of likely N-dealkylation sites (tertiary alicyclic amines) is 1. The molecule has 0 bridgehead atoms. The van der Waals surface area contributed by atoms with Crippen LogP contribution in [0.5, 0.6) is 0 Å². The van der Waals surface area contributed by atoms with Gasteiger partial charge in [-0.05, 0) is 32.1 Å². The second kappa shape index (κ2) is 6.07. The summed E-state index contributed by atoms with van der Waals surface area (Å²) in [7, 11) is 0. The monoisotopic (exact) mass is 280 g/mol. The van der Waals surface area contributed by atoms with Gasteiger partial charge in [0, 0.05) is 26.4 Å². The molecular formula is C14H20N2O4. The molecule has 6 heteroatoms. The van der Waals surface area contributed by atoms with Gasteiger partial charge in [-0.15, -0.1) is 0 Å². The van der Waals surface area contributed by atoms with Crippen molar-refractivity contribution in [3.63, 3.8) is 0 Å². The second-order valence-electron chi connectivity index (χ2n) is 5.34. The molecule has 0 spiro atoms. The molecule has 110 valence electrons. The van der Waals surface area contributed by atoms with E-state index in [2.05, 4.69) is 4.98 Å². The highest BCUT2D eigenvalue weighted by Gasteiger charge is 2.28. The van der Waals surface area contributed by atoms with Crippen molar-refractivity contribution in [3.8, 4) is 0 Å². The normalized spacial score (nSPS) is 19.1. The number of nitrogens with zero attached hydrogens (tertiary/aromatic N) is 2. The smallest absolute Gasteiger partial charge is 0.303 e. The summed E-state index contributed by atoms with van der Waals surface area (Å²) in [4.78, 5) is 28.9. The van der Waals surface area contributed by atoms with Crippen LogP contribution >= 0.6 is 0 Å². The van der Waals surface area contributed by atoms with E-state index in [-0.39, 0.29) is 18.2 Å². The zero-order chi connectivity index (χ0) is 14.7. The van der Waals surface area contributed by atoms with Gasteiger partial charge in [-0.2, -0.15) is 0 Å². The summed E-state index contributed by atoms with van der Waals surface area (Å²) < 4.78 is 5.37. The topological polar surface area (TPSA) is 83.6 Å². The largest absolute Gasteiger partial charge is 0.481 e. The first-order chi connectivity index (χ1) is 9.47. The molecule has 0 aliphatic carbocycles. The highest BCUT2D eigenvalue weighted by atomic mass is 16.4. The van der Waals surface area contributed by atoms with Crippen LogP contribution < -0.4 is 0 Å². The summed E-state index contributed by atoms with van der Waals surface area (Å²) in [5, 5.41) is 8.73. The van der Waals surface area contributed by atoms with Crippen molar-refractivity contribution in [1.82, 2.24) is 9.88 Å². The molecule has 1 amide bonds. The summed E-state index contributed by atoms with van der Waals surface area (Å²) in [6.45, 7) is 4.78. The van der Waals surface area contributed by atoms with E-state index in [4.69, 9.17) is 9.52 Å². The molecule has 2 rings (SSSR count). The summed E-state index contributed by atoms with van der Waals surface area (Å²) >= 11 is 0. The van der Waals surface area contributed by atoms with Gasteiger partial charge in [-0.25, -0.2) is 4.98 Å². The van der Waals surface area contributed by atoms with Crippen LogP contribution in [0.15, 0.2) is 4.42 Å². The van der Waals surface area contributed by atoms with E-state index in [0.29, 0.717) is 36.9 Å². The third-order valence-electron chi connectivity index (χ3n) is 3.67. The fourth-order valence-corrected chi connectivity index (χ4v) is 2.69. The molecule has 1 aliphatic rings. The minimum absolute atomic E-state index is 0.136.